The van der Waals surface area contributed by atoms with E-state index in [9.17, 15) is 0 Å². The highest BCUT2D eigenvalue weighted by Gasteiger charge is 2.18. The minimum atomic E-state index is 0.663. The van der Waals surface area contributed by atoms with E-state index in [0.29, 0.717) is 5.65 Å². The molecule has 0 fully saturated rings. The molecule has 0 amide bonds. The lowest BCUT2D eigenvalue weighted by Gasteiger charge is -2.03. The number of nitrogens with one attached hydrogen (secondary N) is 1. The van der Waals surface area contributed by atoms with Crippen LogP contribution >= 0.6 is 15.9 Å². The normalized spacial score (nSPS) is 11.1. The molecule has 0 aliphatic carbocycles. The topological polar surface area (TPSA) is 68.6 Å². The average Bonchev–Trinajstić information content (AvgIpc) is 3.38. The van der Waals surface area contributed by atoms with Crippen LogP contribution in [0.15, 0.2) is 77.5 Å². The van der Waals surface area contributed by atoms with Crippen LogP contribution in [-0.2, 0) is 0 Å². The second-order valence-electron chi connectivity index (χ2n) is 6.51. The highest BCUT2D eigenvalue weighted by molar-refractivity contribution is 9.10. The highest BCUT2D eigenvalue weighted by atomic mass is 79.9. The number of pyridine rings is 1. The van der Waals surface area contributed by atoms with Gasteiger partial charge in [0.2, 0.25) is 0 Å². The molecule has 7 heteroatoms. The number of ether oxygens (including phenoxy) is 1. The van der Waals surface area contributed by atoms with Gasteiger partial charge in [0.15, 0.2) is 5.65 Å². The molecule has 0 aliphatic rings. The number of aromatic nitrogens is 5. The van der Waals surface area contributed by atoms with Gasteiger partial charge >= 0.3 is 0 Å². The lowest BCUT2D eigenvalue weighted by Crippen LogP contribution is -1.94. The van der Waals surface area contributed by atoms with Crippen LogP contribution in [-0.4, -0.2) is 31.8 Å². The summed E-state index contributed by atoms with van der Waals surface area (Å²) in [7, 11) is 1.66. The van der Waals surface area contributed by atoms with Gasteiger partial charge < -0.3 is 9.72 Å². The zero-order valence-electron chi connectivity index (χ0n) is 15.5. The van der Waals surface area contributed by atoms with Crippen LogP contribution in [0.1, 0.15) is 0 Å². The summed E-state index contributed by atoms with van der Waals surface area (Å²) >= 11 is 3.46. The number of hydrogen-bond donors (Lipinski definition) is 1. The fourth-order valence-corrected chi connectivity index (χ4v) is 3.56. The number of benzene rings is 2. The molecular weight excluding hydrogens is 430 g/mol. The molecule has 5 rings (SSSR count). The molecule has 0 saturated carbocycles. The smallest absolute Gasteiger partial charge is 0.178 e. The molecule has 0 radical (unpaired) electrons. The Hall–Kier alpha value is -3.45. The van der Waals surface area contributed by atoms with Crippen LogP contribution in [0.4, 0.5) is 0 Å². The number of fused-ring (bicyclic) bond motifs is 1. The van der Waals surface area contributed by atoms with E-state index < -0.39 is 0 Å². The number of para-hydroxylation sites is 1. The summed E-state index contributed by atoms with van der Waals surface area (Å²) in [4.78, 5) is 12.4. The van der Waals surface area contributed by atoms with Crippen molar-refractivity contribution in [1.29, 1.82) is 0 Å². The van der Waals surface area contributed by atoms with Gasteiger partial charge in [0.1, 0.15) is 17.3 Å². The molecule has 0 bridgehead atoms. The van der Waals surface area contributed by atoms with Crippen molar-refractivity contribution in [3.8, 4) is 34.1 Å². The largest absolute Gasteiger partial charge is 0.497 e. The summed E-state index contributed by atoms with van der Waals surface area (Å²) < 4.78 is 8.05. The average molecular weight is 446 g/mol. The van der Waals surface area contributed by atoms with Crippen molar-refractivity contribution in [3.63, 3.8) is 0 Å². The standard InChI is InChI=1S/C22H16BrN5O/c1-29-17-9-7-14(8-10-17)20-18(13-28(27-20)16-5-3-2-4-6-16)21-25-19-11-15(23)12-24-22(19)26-21/h2-13H,1H3,(H,24,25,26). The van der Waals surface area contributed by atoms with Gasteiger partial charge in [0.05, 0.1) is 23.9 Å². The first-order valence-corrected chi connectivity index (χ1v) is 9.82. The molecule has 3 aromatic heterocycles. The van der Waals surface area contributed by atoms with E-state index in [2.05, 4.69) is 30.9 Å². The van der Waals surface area contributed by atoms with Gasteiger partial charge in [-0.05, 0) is 58.4 Å². The van der Waals surface area contributed by atoms with Crippen LogP contribution < -0.4 is 4.74 Å². The Kier molecular flexibility index (Phi) is 4.37. The first-order chi connectivity index (χ1) is 14.2. The summed E-state index contributed by atoms with van der Waals surface area (Å²) in [5.74, 6) is 1.52. The van der Waals surface area contributed by atoms with Crippen LogP contribution in [0.3, 0.4) is 0 Å². The van der Waals surface area contributed by atoms with E-state index >= 15 is 0 Å². The van der Waals surface area contributed by atoms with Gasteiger partial charge in [-0.25, -0.2) is 14.6 Å². The number of nitrogens with zero attached hydrogens (tertiary/aromatic N) is 4. The Morgan fingerprint density at radius 3 is 2.59 bits per heavy atom. The fourth-order valence-electron chi connectivity index (χ4n) is 3.22. The monoisotopic (exact) mass is 445 g/mol. The first-order valence-electron chi connectivity index (χ1n) is 9.02. The number of halogens is 1. The van der Waals surface area contributed by atoms with E-state index in [0.717, 1.165) is 44.1 Å². The molecule has 0 atom stereocenters. The molecule has 0 spiro atoms. The molecule has 29 heavy (non-hydrogen) atoms. The molecule has 142 valence electrons. The zero-order valence-corrected chi connectivity index (χ0v) is 17.1. The van der Waals surface area contributed by atoms with Crippen LogP contribution in [0.2, 0.25) is 0 Å². The van der Waals surface area contributed by atoms with Gasteiger partial charge in [-0.2, -0.15) is 5.10 Å². The van der Waals surface area contributed by atoms with E-state index in [4.69, 9.17) is 9.84 Å². The molecule has 0 unspecified atom stereocenters. The van der Waals surface area contributed by atoms with E-state index in [-0.39, 0.29) is 0 Å². The zero-order chi connectivity index (χ0) is 19.8. The third-order valence-electron chi connectivity index (χ3n) is 4.66. The number of imidazole rings is 1. The summed E-state index contributed by atoms with van der Waals surface area (Å²) in [5, 5.41) is 4.86. The van der Waals surface area contributed by atoms with E-state index in [1.54, 1.807) is 13.3 Å². The van der Waals surface area contributed by atoms with Crippen molar-refractivity contribution in [2.24, 2.45) is 0 Å². The molecule has 1 N–H and O–H groups in total. The number of aromatic amines is 1. The predicted octanol–water partition coefficient (Wildman–Crippen LogP) is 5.25. The van der Waals surface area contributed by atoms with Gasteiger partial charge in [-0.3, -0.25) is 0 Å². The summed E-state index contributed by atoms with van der Waals surface area (Å²) in [6.45, 7) is 0. The maximum absolute atomic E-state index is 5.29. The van der Waals surface area contributed by atoms with Crippen molar-refractivity contribution in [1.82, 2.24) is 24.7 Å². The molecule has 3 heterocycles. The minimum Gasteiger partial charge on any atom is -0.497 e. The lowest BCUT2D eigenvalue weighted by molar-refractivity contribution is 0.415. The third-order valence-corrected chi connectivity index (χ3v) is 5.09. The summed E-state index contributed by atoms with van der Waals surface area (Å²) in [6, 6.07) is 19.8. The summed E-state index contributed by atoms with van der Waals surface area (Å²) in [6.07, 6.45) is 3.73. The first kappa shape index (κ1) is 17.6. The molecule has 0 aliphatic heterocycles. The van der Waals surface area contributed by atoms with Crippen LogP contribution in [0, 0.1) is 0 Å². The van der Waals surface area contributed by atoms with E-state index in [1.807, 2.05) is 71.5 Å². The van der Waals surface area contributed by atoms with Gasteiger partial charge in [-0.1, -0.05) is 18.2 Å². The molecule has 2 aromatic carbocycles. The fraction of sp³-hybridized carbons (Fsp3) is 0.0455. The Balaban J connectivity index is 1.70. The Morgan fingerprint density at radius 2 is 1.83 bits per heavy atom. The highest BCUT2D eigenvalue weighted by Crippen LogP contribution is 2.32. The molecule has 0 saturated heterocycles. The molecule has 6 nitrogen and oxygen atoms in total. The molecular formula is C22H16BrN5O. The van der Waals surface area contributed by atoms with Crippen molar-refractivity contribution in [3.05, 3.63) is 77.5 Å². The minimum absolute atomic E-state index is 0.663. The maximum atomic E-state index is 5.29. The second-order valence-corrected chi connectivity index (χ2v) is 7.43. The molecule has 5 aromatic rings. The maximum Gasteiger partial charge on any atom is 0.178 e. The van der Waals surface area contributed by atoms with E-state index in [1.165, 1.54) is 0 Å². The second kappa shape index (κ2) is 7.18. The van der Waals surface area contributed by atoms with Gasteiger partial charge in [0, 0.05) is 22.4 Å². The van der Waals surface area contributed by atoms with Crippen LogP contribution in [0.25, 0.3) is 39.5 Å². The summed E-state index contributed by atoms with van der Waals surface area (Å²) in [5.41, 5.74) is 5.21. The van der Waals surface area contributed by atoms with Gasteiger partial charge in [-0.15, -0.1) is 0 Å². The van der Waals surface area contributed by atoms with Crippen molar-refractivity contribution in [2.45, 2.75) is 0 Å². The van der Waals surface area contributed by atoms with Crippen molar-refractivity contribution >= 4 is 27.1 Å². The Morgan fingerprint density at radius 1 is 1.03 bits per heavy atom. The van der Waals surface area contributed by atoms with Crippen LogP contribution in [0.5, 0.6) is 5.75 Å². The van der Waals surface area contributed by atoms with Crippen molar-refractivity contribution < 1.29 is 4.74 Å². The predicted molar refractivity (Wildman–Crippen MR) is 116 cm³/mol. The van der Waals surface area contributed by atoms with Gasteiger partial charge in [0.25, 0.3) is 0 Å². The van der Waals surface area contributed by atoms with Crippen molar-refractivity contribution in [2.75, 3.05) is 7.11 Å². The third kappa shape index (κ3) is 3.30. The number of methoxy groups -OCH3 is 1. The Bertz CT molecular complexity index is 1290. The lowest BCUT2D eigenvalue weighted by atomic mass is 10.1. The number of rotatable bonds is 4. The number of hydrogen-bond acceptors (Lipinski definition) is 4. The SMILES string of the molecule is COc1ccc(-c2nn(-c3ccccc3)cc2-c2nc3ncc(Br)cc3[nH]2)cc1. The quantitative estimate of drug-likeness (QED) is 0.410. The number of H-pyrrole nitrogens is 1. The Labute approximate surface area is 175 Å².